The summed E-state index contributed by atoms with van der Waals surface area (Å²) in [5, 5.41) is 2.29. The minimum atomic E-state index is -0.191. The predicted octanol–water partition coefficient (Wildman–Crippen LogP) is 6.01. The number of fused-ring (bicyclic) bond motifs is 1. The van der Waals surface area contributed by atoms with Crippen LogP contribution in [-0.2, 0) is 0 Å². The van der Waals surface area contributed by atoms with Gasteiger partial charge in [0, 0.05) is 33.2 Å². The number of hydrogen-bond donors (Lipinski definition) is 1. The number of carbonyl (C=O) groups excluding carboxylic acids is 1. The number of aromatic nitrogens is 1. The van der Waals surface area contributed by atoms with Crippen LogP contribution in [-0.4, -0.2) is 10.8 Å². The summed E-state index contributed by atoms with van der Waals surface area (Å²) in [5.74, 6) is -0.191. The van der Waals surface area contributed by atoms with E-state index in [1.165, 1.54) is 6.07 Å². The van der Waals surface area contributed by atoms with Gasteiger partial charge in [0.2, 0.25) is 0 Å². The number of aromatic amines is 1. The normalized spacial score (nSPS) is 11.0. The second kappa shape index (κ2) is 5.54. The van der Waals surface area contributed by atoms with Gasteiger partial charge in [0.15, 0.2) is 5.78 Å². The largest absolute Gasteiger partial charge is 0.360 e. The zero-order chi connectivity index (χ0) is 15.1. The highest BCUT2D eigenvalue weighted by Gasteiger charge is 2.17. The van der Waals surface area contributed by atoms with E-state index in [1.54, 1.807) is 30.5 Å². The van der Waals surface area contributed by atoms with Gasteiger partial charge in [0.1, 0.15) is 0 Å². The van der Waals surface area contributed by atoms with Gasteiger partial charge in [-0.3, -0.25) is 4.79 Å². The molecule has 0 spiro atoms. The molecule has 0 fully saturated rings. The van der Waals surface area contributed by atoms with Gasteiger partial charge in [0.05, 0.1) is 15.1 Å². The molecule has 3 aromatic rings. The van der Waals surface area contributed by atoms with E-state index in [0.717, 1.165) is 0 Å². The summed E-state index contributed by atoms with van der Waals surface area (Å²) in [7, 11) is 0. The van der Waals surface area contributed by atoms with Gasteiger partial charge in [0.25, 0.3) is 0 Å². The highest BCUT2D eigenvalue weighted by Crippen LogP contribution is 2.32. The fraction of sp³-hybridized carbons (Fsp3) is 0. The van der Waals surface area contributed by atoms with Crippen LogP contribution < -0.4 is 0 Å². The lowest BCUT2D eigenvalue weighted by Crippen LogP contribution is -2.00. The van der Waals surface area contributed by atoms with Crippen molar-refractivity contribution in [3.8, 4) is 0 Å². The molecule has 2 aromatic carbocycles. The minimum Gasteiger partial charge on any atom is -0.360 e. The molecule has 0 aliphatic carbocycles. The Morgan fingerprint density at radius 2 is 1.67 bits per heavy atom. The van der Waals surface area contributed by atoms with Crippen molar-refractivity contribution in [2.24, 2.45) is 0 Å². The number of H-pyrrole nitrogens is 1. The smallest absolute Gasteiger partial charge is 0.195 e. The molecule has 0 radical (unpaired) electrons. The van der Waals surface area contributed by atoms with E-state index in [4.69, 9.17) is 46.4 Å². The SMILES string of the molecule is O=C(c1ccc(Cl)c(Cl)c1)c1c[nH]c2cc(Cl)cc(Cl)c12. The Morgan fingerprint density at radius 1 is 0.905 bits per heavy atom. The number of halogens is 4. The molecular formula is C15H7Cl4NO. The Bertz CT molecular complexity index is 869. The molecule has 0 saturated carbocycles. The van der Waals surface area contributed by atoms with Crippen molar-refractivity contribution in [3.05, 3.63) is 67.7 Å². The summed E-state index contributed by atoms with van der Waals surface area (Å²) in [6, 6.07) is 8.07. The number of carbonyl (C=O) groups is 1. The average molecular weight is 359 g/mol. The van der Waals surface area contributed by atoms with Gasteiger partial charge in [-0.05, 0) is 30.3 Å². The Labute approximate surface area is 140 Å². The lowest BCUT2D eigenvalue weighted by molar-refractivity contribution is 0.104. The van der Waals surface area contributed by atoms with Gasteiger partial charge in [-0.1, -0.05) is 46.4 Å². The van der Waals surface area contributed by atoms with E-state index in [0.29, 0.717) is 42.1 Å². The Hall–Kier alpha value is -1.19. The number of ketones is 1. The van der Waals surface area contributed by atoms with E-state index < -0.39 is 0 Å². The molecule has 0 saturated heterocycles. The van der Waals surface area contributed by atoms with Crippen LogP contribution in [0, 0.1) is 0 Å². The first-order chi connectivity index (χ1) is 9.97. The van der Waals surface area contributed by atoms with Gasteiger partial charge in [-0.25, -0.2) is 0 Å². The van der Waals surface area contributed by atoms with E-state index in [9.17, 15) is 4.79 Å². The summed E-state index contributed by atoms with van der Waals surface area (Å²) in [5.41, 5.74) is 1.61. The molecule has 1 aromatic heterocycles. The molecule has 0 bridgehead atoms. The van der Waals surface area contributed by atoms with Crippen molar-refractivity contribution < 1.29 is 4.79 Å². The highest BCUT2D eigenvalue weighted by atomic mass is 35.5. The molecule has 1 N–H and O–H groups in total. The van der Waals surface area contributed by atoms with Crippen LogP contribution in [0.15, 0.2) is 36.5 Å². The summed E-state index contributed by atoms with van der Waals surface area (Å²) in [6.45, 7) is 0. The van der Waals surface area contributed by atoms with Crippen LogP contribution in [0.5, 0.6) is 0 Å². The van der Waals surface area contributed by atoms with Crippen LogP contribution in [0.3, 0.4) is 0 Å². The molecule has 106 valence electrons. The van der Waals surface area contributed by atoms with Gasteiger partial charge in [-0.15, -0.1) is 0 Å². The van der Waals surface area contributed by atoms with E-state index in [2.05, 4.69) is 4.98 Å². The molecule has 2 nitrogen and oxygen atoms in total. The van der Waals surface area contributed by atoms with Crippen molar-refractivity contribution in [1.29, 1.82) is 0 Å². The number of nitrogens with one attached hydrogen (secondary N) is 1. The molecule has 0 atom stereocenters. The average Bonchev–Trinajstić information content (AvgIpc) is 2.85. The summed E-state index contributed by atoms with van der Waals surface area (Å²) >= 11 is 24.0. The third-order valence-corrected chi connectivity index (χ3v) is 4.38. The molecule has 0 aliphatic rings. The predicted molar refractivity (Wildman–Crippen MR) is 88.2 cm³/mol. The summed E-state index contributed by atoms with van der Waals surface area (Å²) in [4.78, 5) is 15.6. The first-order valence-corrected chi connectivity index (χ1v) is 7.44. The second-order valence-corrected chi connectivity index (χ2v) is 6.13. The summed E-state index contributed by atoms with van der Waals surface area (Å²) in [6.07, 6.45) is 1.61. The lowest BCUT2D eigenvalue weighted by Gasteiger charge is -2.03. The van der Waals surface area contributed by atoms with E-state index in [1.807, 2.05) is 0 Å². The van der Waals surface area contributed by atoms with Crippen molar-refractivity contribution in [2.75, 3.05) is 0 Å². The molecule has 0 aliphatic heterocycles. The molecule has 6 heteroatoms. The van der Waals surface area contributed by atoms with Crippen LogP contribution in [0.4, 0.5) is 0 Å². The number of hydrogen-bond acceptors (Lipinski definition) is 1. The van der Waals surface area contributed by atoms with Gasteiger partial charge < -0.3 is 4.98 Å². The Kier molecular flexibility index (Phi) is 3.89. The van der Waals surface area contributed by atoms with E-state index in [-0.39, 0.29) is 5.78 Å². The second-order valence-electron chi connectivity index (χ2n) is 4.47. The standard InChI is InChI=1S/C15H7Cl4NO/c16-8-4-12(19)14-9(6-20-13(14)5-8)15(21)7-1-2-10(17)11(18)3-7/h1-6,20H. The Balaban J connectivity index is 2.16. The third-order valence-electron chi connectivity index (χ3n) is 3.12. The zero-order valence-electron chi connectivity index (χ0n) is 10.4. The van der Waals surface area contributed by atoms with E-state index >= 15 is 0 Å². The van der Waals surface area contributed by atoms with Crippen LogP contribution >= 0.6 is 46.4 Å². The van der Waals surface area contributed by atoms with Crippen LogP contribution in [0.25, 0.3) is 10.9 Å². The van der Waals surface area contributed by atoms with Crippen molar-refractivity contribution >= 4 is 63.1 Å². The van der Waals surface area contributed by atoms with Gasteiger partial charge >= 0.3 is 0 Å². The van der Waals surface area contributed by atoms with Crippen LogP contribution in [0.1, 0.15) is 15.9 Å². The molecular weight excluding hydrogens is 352 g/mol. The maximum absolute atomic E-state index is 12.6. The van der Waals surface area contributed by atoms with Crippen LogP contribution in [0.2, 0.25) is 20.1 Å². The maximum Gasteiger partial charge on any atom is 0.195 e. The Morgan fingerprint density at radius 3 is 2.38 bits per heavy atom. The molecule has 0 unspecified atom stereocenters. The first kappa shape index (κ1) is 14.7. The highest BCUT2D eigenvalue weighted by molar-refractivity contribution is 6.42. The molecule has 1 heterocycles. The molecule has 3 rings (SSSR count). The fourth-order valence-electron chi connectivity index (χ4n) is 2.16. The topological polar surface area (TPSA) is 32.9 Å². The zero-order valence-corrected chi connectivity index (χ0v) is 13.4. The maximum atomic E-state index is 12.6. The van der Waals surface area contributed by atoms with Crippen molar-refractivity contribution in [3.63, 3.8) is 0 Å². The van der Waals surface area contributed by atoms with Gasteiger partial charge in [-0.2, -0.15) is 0 Å². The fourth-order valence-corrected chi connectivity index (χ4v) is 3.05. The minimum absolute atomic E-state index is 0.191. The molecule has 21 heavy (non-hydrogen) atoms. The lowest BCUT2D eigenvalue weighted by atomic mass is 10.0. The quantitative estimate of drug-likeness (QED) is 0.559. The van der Waals surface area contributed by atoms with Crippen molar-refractivity contribution in [2.45, 2.75) is 0 Å². The first-order valence-electron chi connectivity index (χ1n) is 5.93. The molecule has 0 amide bonds. The van der Waals surface area contributed by atoms with Crippen molar-refractivity contribution in [1.82, 2.24) is 4.98 Å². The third kappa shape index (κ3) is 2.65. The number of rotatable bonds is 2. The monoisotopic (exact) mass is 357 g/mol. The number of benzene rings is 2. The summed E-state index contributed by atoms with van der Waals surface area (Å²) < 4.78 is 0.